The number of carbonyl (C=O) groups is 1. The Morgan fingerprint density at radius 2 is 2.24 bits per heavy atom. The smallest absolute Gasteiger partial charge is 0.228 e. The Labute approximate surface area is 122 Å². The Kier molecular flexibility index (Phi) is 3.56. The molecule has 0 saturated carbocycles. The van der Waals surface area contributed by atoms with E-state index in [9.17, 15) is 9.18 Å². The molecule has 2 aromatic rings. The molecule has 3 rings (SSSR count). The normalized spacial score (nSPS) is 14.0. The molecule has 108 valence electrons. The highest BCUT2D eigenvalue weighted by molar-refractivity contribution is 5.80. The SMILES string of the molecule is CCN1Cc2c(Oc3cccc(F)c3)ccnc2CC1=O. The van der Waals surface area contributed by atoms with E-state index >= 15 is 0 Å². The standard InChI is InChI=1S/C16H15FN2O2/c1-2-19-10-13-14(9-16(19)20)18-7-6-15(13)21-12-5-3-4-11(17)8-12/h3-8H,2,9-10H2,1H3. The lowest BCUT2D eigenvalue weighted by Crippen LogP contribution is -2.36. The molecule has 0 spiro atoms. The first-order chi connectivity index (χ1) is 10.2. The second-order valence-corrected chi connectivity index (χ2v) is 4.88. The topological polar surface area (TPSA) is 42.4 Å². The number of halogens is 1. The van der Waals surface area contributed by atoms with Crippen LogP contribution < -0.4 is 4.74 Å². The lowest BCUT2D eigenvalue weighted by molar-refractivity contribution is -0.131. The van der Waals surface area contributed by atoms with Gasteiger partial charge in [-0.3, -0.25) is 9.78 Å². The van der Waals surface area contributed by atoms with Crippen LogP contribution in [0.3, 0.4) is 0 Å². The number of carbonyl (C=O) groups excluding carboxylic acids is 1. The molecular weight excluding hydrogens is 271 g/mol. The summed E-state index contributed by atoms with van der Waals surface area (Å²) in [7, 11) is 0. The largest absolute Gasteiger partial charge is 0.457 e. The quantitative estimate of drug-likeness (QED) is 0.871. The zero-order chi connectivity index (χ0) is 14.8. The van der Waals surface area contributed by atoms with Crippen molar-refractivity contribution < 1.29 is 13.9 Å². The molecule has 0 saturated heterocycles. The summed E-state index contributed by atoms with van der Waals surface area (Å²) in [4.78, 5) is 17.9. The zero-order valence-corrected chi connectivity index (χ0v) is 11.7. The fraction of sp³-hybridized carbons (Fsp3) is 0.250. The molecule has 1 aromatic carbocycles. The maximum absolute atomic E-state index is 13.2. The van der Waals surface area contributed by atoms with Gasteiger partial charge in [-0.1, -0.05) is 6.07 Å². The molecule has 1 aliphatic rings. The molecular formula is C16H15FN2O2. The molecule has 0 unspecified atom stereocenters. The lowest BCUT2D eigenvalue weighted by Gasteiger charge is -2.28. The van der Waals surface area contributed by atoms with Gasteiger partial charge in [-0.05, 0) is 25.1 Å². The third-order valence-corrected chi connectivity index (χ3v) is 3.53. The minimum atomic E-state index is -0.346. The van der Waals surface area contributed by atoms with E-state index in [0.29, 0.717) is 24.6 Å². The van der Waals surface area contributed by atoms with Gasteiger partial charge < -0.3 is 9.64 Å². The van der Waals surface area contributed by atoms with Crippen molar-refractivity contribution in [1.82, 2.24) is 9.88 Å². The Balaban J connectivity index is 1.94. The maximum atomic E-state index is 13.2. The predicted octanol–water partition coefficient (Wildman–Crippen LogP) is 2.92. The summed E-state index contributed by atoms with van der Waals surface area (Å²) in [5, 5.41) is 0. The third-order valence-electron chi connectivity index (χ3n) is 3.53. The van der Waals surface area contributed by atoms with E-state index in [1.807, 2.05) is 6.92 Å². The van der Waals surface area contributed by atoms with Crippen LogP contribution in [0.4, 0.5) is 4.39 Å². The van der Waals surface area contributed by atoms with Crippen molar-refractivity contribution in [3.8, 4) is 11.5 Å². The van der Waals surface area contributed by atoms with Gasteiger partial charge in [0.1, 0.15) is 17.3 Å². The van der Waals surface area contributed by atoms with Crippen LogP contribution in [0.25, 0.3) is 0 Å². The molecule has 0 fully saturated rings. The molecule has 21 heavy (non-hydrogen) atoms. The summed E-state index contributed by atoms with van der Waals surface area (Å²) in [6.45, 7) is 3.06. The number of nitrogens with zero attached hydrogens (tertiary/aromatic N) is 2. The summed E-state index contributed by atoms with van der Waals surface area (Å²) in [6, 6.07) is 7.74. The van der Waals surface area contributed by atoms with E-state index in [4.69, 9.17) is 4.74 Å². The van der Waals surface area contributed by atoms with E-state index in [0.717, 1.165) is 11.3 Å². The first-order valence-electron chi connectivity index (χ1n) is 6.85. The van der Waals surface area contributed by atoms with Crippen molar-refractivity contribution in [3.63, 3.8) is 0 Å². The van der Waals surface area contributed by atoms with E-state index in [1.165, 1.54) is 12.1 Å². The summed E-state index contributed by atoms with van der Waals surface area (Å²) >= 11 is 0. The van der Waals surface area contributed by atoms with Gasteiger partial charge in [0.25, 0.3) is 0 Å². The third kappa shape index (κ3) is 2.72. The lowest BCUT2D eigenvalue weighted by atomic mass is 10.0. The zero-order valence-electron chi connectivity index (χ0n) is 11.7. The molecule has 2 heterocycles. The van der Waals surface area contributed by atoms with Gasteiger partial charge in [0, 0.05) is 24.4 Å². The second-order valence-electron chi connectivity index (χ2n) is 4.88. The first kappa shape index (κ1) is 13.5. The van der Waals surface area contributed by atoms with Crippen molar-refractivity contribution >= 4 is 5.91 Å². The Morgan fingerprint density at radius 3 is 3.00 bits per heavy atom. The van der Waals surface area contributed by atoms with Crippen molar-refractivity contribution in [2.24, 2.45) is 0 Å². The number of likely N-dealkylation sites (N-methyl/N-ethyl adjacent to an activating group) is 1. The van der Waals surface area contributed by atoms with Gasteiger partial charge in [0.05, 0.1) is 18.7 Å². The number of amides is 1. The number of hydrogen-bond donors (Lipinski definition) is 0. The van der Waals surface area contributed by atoms with Gasteiger partial charge in [0.15, 0.2) is 0 Å². The fourth-order valence-electron chi connectivity index (χ4n) is 2.41. The average molecular weight is 286 g/mol. The predicted molar refractivity (Wildman–Crippen MR) is 75.5 cm³/mol. The summed E-state index contributed by atoms with van der Waals surface area (Å²) < 4.78 is 19.0. The summed E-state index contributed by atoms with van der Waals surface area (Å²) in [5.41, 5.74) is 1.63. The summed E-state index contributed by atoms with van der Waals surface area (Å²) in [5.74, 6) is 0.779. The monoisotopic (exact) mass is 286 g/mol. The highest BCUT2D eigenvalue weighted by atomic mass is 19.1. The van der Waals surface area contributed by atoms with Crippen LogP contribution in [0, 0.1) is 5.82 Å². The molecule has 0 atom stereocenters. The molecule has 5 heteroatoms. The van der Waals surface area contributed by atoms with Crippen LogP contribution in [0.15, 0.2) is 36.5 Å². The minimum Gasteiger partial charge on any atom is -0.457 e. The van der Waals surface area contributed by atoms with Crippen molar-refractivity contribution in [1.29, 1.82) is 0 Å². The minimum absolute atomic E-state index is 0.0698. The summed E-state index contributed by atoms with van der Waals surface area (Å²) in [6.07, 6.45) is 1.89. The highest BCUT2D eigenvalue weighted by Gasteiger charge is 2.25. The van der Waals surface area contributed by atoms with E-state index in [2.05, 4.69) is 4.98 Å². The first-order valence-corrected chi connectivity index (χ1v) is 6.85. The maximum Gasteiger partial charge on any atom is 0.228 e. The highest BCUT2D eigenvalue weighted by Crippen LogP contribution is 2.30. The number of benzene rings is 1. The van der Waals surface area contributed by atoms with Crippen LogP contribution in [0.2, 0.25) is 0 Å². The van der Waals surface area contributed by atoms with E-state index < -0.39 is 0 Å². The molecule has 0 bridgehead atoms. The molecule has 0 aliphatic carbocycles. The van der Waals surface area contributed by atoms with Gasteiger partial charge in [0.2, 0.25) is 5.91 Å². The Hall–Kier alpha value is -2.43. The molecule has 4 nitrogen and oxygen atoms in total. The van der Waals surface area contributed by atoms with Crippen LogP contribution in [-0.2, 0) is 17.8 Å². The van der Waals surface area contributed by atoms with Gasteiger partial charge in [-0.15, -0.1) is 0 Å². The number of ether oxygens (including phenoxy) is 1. The Bertz CT molecular complexity index is 688. The van der Waals surface area contributed by atoms with Gasteiger partial charge in [-0.25, -0.2) is 4.39 Å². The molecule has 0 radical (unpaired) electrons. The number of pyridine rings is 1. The van der Waals surface area contributed by atoms with Gasteiger partial charge >= 0.3 is 0 Å². The van der Waals surface area contributed by atoms with Crippen LogP contribution in [0.5, 0.6) is 11.5 Å². The van der Waals surface area contributed by atoms with Crippen molar-refractivity contribution in [2.75, 3.05) is 6.54 Å². The van der Waals surface area contributed by atoms with Crippen molar-refractivity contribution in [2.45, 2.75) is 19.9 Å². The average Bonchev–Trinajstić information content (AvgIpc) is 2.47. The van der Waals surface area contributed by atoms with Crippen LogP contribution in [0.1, 0.15) is 18.2 Å². The van der Waals surface area contributed by atoms with Crippen LogP contribution in [-0.4, -0.2) is 22.3 Å². The molecule has 1 aliphatic heterocycles. The molecule has 1 amide bonds. The van der Waals surface area contributed by atoms with Crippen molar-refractivity contribution in [3.05, 3.63) is 53.6 Å². The van der Waals surface area contributed by atoms with E-state index in [-0.39, 0.29) is 18.1 Å². The van der Waals surface area contributed by atoms with Gasteiger partial charge in [-0.2, -0.15) is 0 Å². The molecule has 0 N–H and O–H groups in total. The molecule has 1 aromatic heterocycles. The Morgan fingerprint density at radius 1 is 1.38 bits per heavy atom. The fourth-order valence-corrected chi connectivity index (χ4v) is 2.41. The second kappa shape index (κ2) is 5.52. The number of aromatic nitrogens is 1. The number of hydrogen-bond acceptors (Lipinski definition) is 3. The number of rotatable bonds is 3. The van der Waals surface area contributed by atoms with E-state index in [1.54, 1.807) is 29.3 Å². The van der Waals surface area contributed by atoms with Crippen LogP contribution >= 0.6 is 0 Å². The number of fused-ring (bicyclic) bond motifs is 1.